The third-order valence-electron chi connectivity index (χ3n) is 6.23. The number of para-hydroxylation sites is 2. The van der Waals surface area contributed by atoms with Gasteiger partial charge < -0.3 is 15.5 Å². The molecular weight excluding hydrogens is 452 g/mol. The van der Waals surface area contributed by atoms with Crippen LogP contribution in [0.5, 0.6) is 0 Å². The number of hydrogen-bond donors (Lipinski definition) is 2. The van der Waals surface area contributed by atoms with Gasteiger partial charge in [0, 0.05) is 12.5 Å². The molecule has 0 spiro atoms. The fourth-order valence-corrected chi connectivity index (χ4v) is 4.45. The van der Waals surface area contributed by atoms with Gasteiger partial charge in [-0.25, -0.2) is 9.48 Å². The van der Waals surface area contributed by atoms with Crippen LogP contribution >= 0.6 is 0 Å². The molecule has 0 aliphatic carbocycles. The van der Waals surface area contributed by atoms with E-state index in [0.717, 1.165) is 4.90 Å². The molecule has 2 atom stereocenters. The third-order valence-corrected chi connectivity index (χ3v) is 6.23. The number of benzene rings is 2. The molecule has 1 saturated heterocycles. The number of nitrogens with zero attached hydrogens (tertiary/aromatic N) is 6. The molecule has 0 saturated carbocycles. The van der Waals surface area contributed by atoms with Gasteiger partial charge in [-0.05, 0) is 54.1 Å². The van der Waals surface area contributed by atoms with Gasteiger partial charge in [0.1, 0.15) is 18.4 Å². The second kappa shape index (κ2) is 8.31. The van der Waals surface area contributed by atoms with Crippen LogP contribution in [0.25, 0.3) is 5.69 Å². The van der Waals surface area contributed by atoms with Gasteiger partial charge in [-0.3, -0.25) is 19.3 Å². The smallest absolute Gasteiger partial charge is 0.324 e. The molecule has 5 rings (SSSR count). The van der Waals surface area contributed by atoms with Crippen molar-refractivity contribution >= 4 is 35.1 Å². The topological polar surface area (TPSA) is 142 Å². The first kappa shape index (κ1) is 22.2. The van der Waals surface area contributed by atoms with E-state index in [-0.39, 0.29) is 12.3 Å². The van der Waals surface area contributed by atoms with Crippen molar-refractivity contribution in [3.05, 3.63) is 60.4 Å². The van der Waals surface area contributed by atoms with E-state index in [1.807, 2.05) is 0 Å². The number of amides is 5. The Labute approximate surface area is 199 Å². The molecular formula is C23H22N8O4. The molecule has 3 aromatic rings. The third kappa shape index (κ3) is 3.78. The first-order valence-corrected chi connectivity index (χ1v) is 11.0. The lowest BCUT2D eigenvalue weighted by Gasteiger charge is -2.29. The summed E-state index contributed by atoms with van der Waals surface area (Å²) in [5.74, 6) is -1.25. The first-order valence-electron chi connectivity index (χ1n) is 11.0. The molecule has 0 bridgehead atoms. The van der Waals surface area contributed by atoms with Crippen molar-refractivity contribution in [3.8, 4) is 5.69 Å². The molecule has 1 fully saturated rings. The van der Waals surface area contributed by atoms with Crippen molar-refractivity contribution in [2.75, 3.05) is 16.8 Å². The van der Waals surface area contributed by atoms with Crippen molar-refractivity contribution < 1.29 is 19.2 Å². The van der Waals surface area contributed by atoms with Crippen molar-refractivity contribution in [1.29, 1.82) is 0 Å². The number of imide groups is 1. The maximum Gasteiger partial charge on any atom is 0.325 e. The Morgan fingerprint density at radius 2 is 1.94 bits per heavy atom. The lowest BCUT2D eigenvalue weighted by molar-refractivity contribution is -0.134. The Kier molecular flexibility index (Phi) is 5.27. The van der Waals surface area contributed by atoms with E-state index in [2.05, 4.69) is 26.2 Å². The zero-order valence-corrected chi connectivity index (χ0v) is 19.0. The van der Waals surface area contributed by atoms with E-state index in [9.17, 15) is 19.2 Å². The fraction of sp³-hybridized carbons (Fsp3) is 0.261. The van der Waals surface area contributed by atoms with Gasteiger partial charge in [0.15, 0.2) is 0 Å². The molecule has 2 aliphatic rings. The summed E-state index contributed by atoms with van der Waals surface area (Å²) in [6.45, 7) is 2.86. The lowest BCUT2D eigenvalue weighted by atomic mass is 9.91. The molecule has 2 N–H and O–H groups in total. The van der Waals surface area contributed by atoms with Crippen molar-refractivity contribution in [3.63, 3.8) is 0 Å². The predicted molar refractivity (Wildman–Crippen MR) is 123 cm³/mol. The van der Waals surface area contributed by atoms with E-state index in [1.165, 1.54) is 15.9 Å². The summed E-state index contributed by atoms with van der Waals surface area (Å²) in [5, 5.41) is 16.6. The number of urea groups is 1. The number of hydrogen-bond acceptors (Lipinski definition) is 7. The second-order valence-corrected chi connectivity index (χ2v) is 8.63. The van der Waals surface area contributed by atoms with Gasteiger partial charge >= 0.3 is 6.03 Å². The molecule has 12 nitrogen and oxygen atoms in total. The Hall–Kier alpha value is -4.61. The minimum Gasteiger partial charge on any atom is -0.324 e. The van der Waals surface area contributed by atoms with Crippen LogP contribution in [0.4, 0.5) is 16.2 Å². The molecule has 0 unspecified atom stereocenters. The van der Waals surface area contributed by atoms with Crippen LogP contribution in [0.1, 0.15) is 25.8 Å². The summed E-state index contributed by atoms with van der Waals surface area (Å²) in [6, 6.07) is 12.7. The highest BCUT2D eigenvalue weighted by molar-refractivity contribution is 6.12. The molecule has 0 radical (unpaired) electrons. The molecule has 2 aromatic carbocycles. The molecule has 2 aliphatic heterocycles. The zero-order chi connectivity index (χ0) is 24.7. The van der Waals surface area contributed by atoms with Gasteiger partial charge in [0.2, 0.25) is 11.8 Å². The highest BCUT2D eigenvalue weighted by Crippen LogP contribution is 2.33. The van der Waals surface area contributed by atoms with Crippen LogP contribution in [0, 0.1) is 0 Å². The summed E-state index contributed by atoms with van der Waals surface area (Å²) in [7, 11) is 0. The van der Waals surface area contributed by atoms with Crippen LogP contribution in [-0.2, 0) is 19.9 Å². The lowest BCUT2D eigenvalue weighted by Crippen LogP contribution is -2.47. The van der Waals surface area contributed by atoms with Gasteiger partial charge in [-0.1, -0.05) is 24.3 Å². The van der Waals surface area contributed by atoms with Crippen LogP contribution in [-0.4, -0.2) is 61.4 Å². The minimum absolute atomic E-state index is 0.0855. The number of carbonyl (C=O) groups is 4. The minimum atomic E-state index is -1.39. The van der Waals surface area contributed by atoms with E-state index in [0.29, 0.717) is 22.6 Å². The van der Waals surface area contributed by atoms with Crippen molar-refractivity contribution in [1.82, 2.24) is 30.4 Å². The van der Waals surface area contributed by atoms with Crippen LogP contribution in [0.15, 0.2) is 54.9 Å². The van der Waals surface area contributed by atoms with E-state index in [1.54, 1.807) is 62.4 Å². The summed E-state index contributed by atoms with van der Waals surface area (Å²) in [4.78, 5) is 54.4. The van der Waals surface area contributed by atoms with Crippen LogP contribution in [0.2, 0.25) is 0 Å². The number of rotatable bonds is 4. The number of aromatic nitrogens is 4. The predicted octanol–water partition coefficient (Wildman–Crippen LogP) is 1.19. The number of carbonyl (C=O) groups excluding carboxylic acids is 4. The standard InChI is InChI=1S/C23H22N8O4/c1-14-10-19(32)25-17-8-3-4-9-18(17)31(14)20(33)12-29-21(34)23(2,26-22(29)35)15-6-5-7-16(11-15)30-13-24-27-28-30/h3-9,11,13-14H,10,12H2,1-2H3,(H,25,32)(H,26,35)/t14-,23-/m1/s1. The SMILES string of the molecule is C[C@@H]1CC(=O)Nc2ccccc2N1C(=O)CN1C(=O)N[C@](C)(c2cccc(-n3cnnn3)c2)C1=O. The van der Waals surface area contributed by atoms with Gasteiger partial charge in [-0.2, -0.15) is 0 Å². The van der Waals surface area contributed by atoms with Gasteiger partial charge in [0.25, 0.3) is 5.91 Å². The summed E-state index contributed by atoms with van der Waals surface area (Å²) in [6.07, 6.45) is 1.50. The number of tetrazole rings is 1. The monoisotopic (exact) mass is 474 g/mol. The highest BCUT2D eigenvalue weighted by atomic mass is 16.2. The first-order chi connectivity index (χ1) is 16.8. The Balaban J connectivity index is 1.42. The van der Waals surface area contributed by atoms with Crippen LogP contribution < -0.4 is 15.5 Å². The molecule has 35 heavy (non-hydrogen) atoms. The fourth-order valence-electron chi connectivity index (χ4n) is 4.45. The molecule has 5 amide bonds. The summed E-state index contributed by atoms with van der Waals surface area (Å²) in [5.41, 5.74) is 0.748. The van der Waals surface area contributed by atoms with Gasteiger partial charge in [0.05, 0.1) is 17.1 Å². The quantitative estimate of drug-likeness (QED) is 0.541. The number of nitrogens with one attached hydrogen (secondary N) is 2. The Morgan fingerprint density at radius 3 is 2.71 bits per heavy atom. The average molecular weight is 474 g/mol. The maximum absolute atomic E-state index is 13.5. The molecule has 1 aromatic heterocycles. The number of fused-ring (bicyclic) bond motifs is 1. The zero-order valence-electron chi connectivity index (χ0n) is 19.0. The van der Waals surface area contributed by atoms with Gasteiger partial charge in [-0.15, -0.1) is 5.10 Å². The summed E-state index contributed by atoms with van der Waals surface area (Å²) >= 11 is 0. The second-order valence-electron chi connectivity index (χ2n) is 8.63. The van der Waals surface area contributed by atoms with Crippen LogP contribution in [0.3, 0.4) is 0 Å². The normalized spacial score (nSPS) is 21.9. The molecule has 12 heteroatoms. The number of anilines is 2. The Morgan fingerprint density at radius 1 is 1.14 bits per heavy atom. The largest absolute Gasteiger partial charge is 0.325 e. The molecule has 178 valence electrons. The van der Waals surface area contributed by atoms with Crippen molar-refractivity contribution in [2.24, 2.45) is 0 Å². The Bertz CT molecular complexity index is 1340. The summed E-state index contributed by atoms with van der Waals surface area (Å²) < 4.78 is 1.43. The molecule has 3 heterocycles. The average Bonchev–Trinajstić information content (AvgIpc) is 3.41. The maximum atomic E-state index is 13.5. The van der Waals surface area contributed by atoms with E-state index < -0.39 is 36.0 Å². The van der Waals surface area contributed by atoms with Crippen molar-refractivity contribution in [2.45, 2.75) is 31.8 Å². The highest BCUT2D eigenvalue weighted by Gasteiger charge is 2.50. The van der Waals surface area contributed by atoms with E-state index >= 15 is 0 Å². The van der Waals surface area contributed by atoms with E-state index in [4.69, 9.17) is 0 Å².